The first-order valence-corrected chi connectivity index (χ1v) is 6.85. The molecule has 1 aromatic carbocycles. The second-order valence-electron chi connectivity index (χ2n) is 3.66. The maximum Gasteiger partial charge on any atom is 0.231 e. The van der Waals surface area contributed by atoms with Crippen molar-refractivity contribution in [3.63, 3.8) is 0 Å². The third kappa shape index (κ3) is 4.75. The van der Waals surface area contributed by atoms with Gasteiger partial charge in [-0.3, -0.25) is 15.2 Å². The van der Waals surface area contributed by atoms with Crippen LogP contribution >= 0.6 is 11.8 Å². The SMILES string of the molecule is C/N=C(\CC(=O)NC(=N)SC)c1ccc(OC)cc1. The van der Waals surface area contributed by atoms with Crippen LogP contribution in [0.3, 0.4) is 0 Å². The summed E-state index contributed by atoms with van der Waals surface area (Å²) in [6, 6.07) is 7.35. The van der Waals surface area contributed by atoms with Crippen molar-refractivity contribution in [2.75, 3.05) is 20.4 Å². The molecule has 0 aliphatic rings. The van der Waals surface area contributed by atoms with E-state index in [0.717, 1.165) is 11.3 Å². The Labute approximate surface area is 117 Å². The monoisotopic (exact) mass is 279 g/mol. The number of aliphatic imine (C=N–C) groups is 1. The molecule has 0 unspecified atom stereocenters. The number of amides is 1. The van der Waals surface area contributed by atoms with Crippen molar-refractivity contribution in [2.45, 2.75) is 6.42 Å². The van der Waals surface area contributed by atoms with Crippen LogP contribution in [-0.2, 0) is 4.79 Å². The second-order valence-corrected chi connectivity index (χ2v) is 4.47. The first-order chi connectivity index (χ1) is 9.10. The number of ether oxygens (including phenoxy) is 1. The first kappa shape index (κ1) is 15.2. The second kappa shape index (κ2) is 7.58. The number of hydrogen-bond donors (Lipinski definition) is 2. The van der Waals surface area contributed by atoms with E-state index in [1.165, 1.54) is 11.8 Å². The van der Waals surface area contributed by atoms with E-state index < -0.39 is 0 Å². The van der Waals surface area contributed by atoms with Crippen molar-refractivity contribution in [3.8, 4) is 5.75 Å². The topological polar surface area (TPSA) is 74.5 Å². The molecule has 5 nitrogen and oxygen atoms in total. The third-order valence-electron chi connectivity index (χ3n) is 2.48. The molecule has 1 rings (SSSR count). The van der Waals surface area contributed by atoms with Gasteiger partial charge in [-0.2, -0.15) is 0 Å². The lowest BCUT2D eigenvalue weighted by atomic mass is 10.1. The fourth-order valence-electron chi connectivity index (χ4n) is 1.47. The standard InChI is InChI=1S/C13H17N3O2S/c1-15-11(8-12(17)16-13(14)19-3)9-4-6-10(18-2)7-5-9/h4-7H,8H2,1-3H3,(H2,14,16,17)/b15-11+. The molecule has 102 valence electrons. The van der Waals surface area contributed by atoms with Gasteiger partial charge in [0.05, 0.1) is 19.2 Å². The van der Waals surface area contributed by atoms with Gasteiger partial charge in [-0.15, -0.1) is 0 Å². The van der Waals surface area contributed by atoms with Gasteiger partial charge in [0, 0.05) is 7.05 Å². The largest absolute Gasteiger partial charge is 0.497 e. The van der Waals surface area contributed by atoms with Gasteiger partial charge in [-0.25, -0.2) is 0 Å². The van der Waals surface area contributed by atoms with Gasteiger partial charge in [0.15, 0.2) is 5.17 Å². The van der Waals surface area contributed by atoms with Gasteiger partial charge in [0.1, 0.15) is 5.75 Å². The highest BCUT2D eigenvalue weighted by atomic mass is 32.2. The Hall–Kier alpha value is -1.82. The average Bonchev–Trinajstić information content (AvgIpc) is 2.44. The summed E-state index contributed by atoms with van der Waals surface area (Å²) in [5.41, 5.74) is 1.54. The van der Waals surface area contributed by atoms with Crippen molar-refractivity contribution in [1.82, 2.24) is 5.32 Å². The van der Waals surface area contributed by atoms with Crippen molar-refractivity contribution in [2.24, 2.45) is 4.99 Å². The Morgan fingerprint density at radius 2 is 2.05 bits per heavy atom. The van der Waals surface area contributed by atoms with Gasteiger partial charge >= 0.3 is 0 Å². The Kier molecular flexibility index (Phi) is 6.08. The van der Waals surface area contributed by atoms with E-state index in [4.69, 9.17) is 10.1 Å². The predicted molar refractivity (Wildman–Crippen MR) is 79.5 cm³/mol. The van der Waals surface area contributed by atoms with E-state index in [1.54, 1.807) is 20.4 Å². The minimum atomic E-state index is -0.240. The van der Waals surface area contributed by atoms with Crippen molar-refractivity contribution in [3.05, 3.63) is 29.8 Å². The molecular weight excluding hydrogens is 262 g/mol. The van der Waals surface area contributed by atoms with Gasteiger partial charge in [-0.05, 0) is 36.1 Å². The zero-order chi connectivity index (χ0) is 14.3. The number of methoxy groups -OCH3 is 1. The molecule has 0 aliphatic heterocycles. The van der Waals surface area contributed by atoms with Gasteiger partial charge in [0.2, 0.25) is 5.91 Å². The van der Waals surface area contributed by atoms with E-state index in [9.17, 15) is 4.79 Å². The molecule has 0 saturated carbocycles. The number of amidine groups is 1. The number of nitrogens with one attached hydrogen (secondary N) is 2. The van der Waals surface area contributed by atoms with Crippen LogP contribution in [0.25, 0.3) is 0 Å². The third-order valence-corrected chi connectivity index (χ3v) is 2.99. The Bertz CT molecular complexity index is 483. The molecule has 0 radical (unpaired) electrons. The number of thioether (sulfide) groups is 1. The molecule has 19 heavy (non-hydrogen) atoms. The fraction of sp³-hybridized carbons (Fsp3) is 0.308. The molecule has 0 aromatic heterocycles. The van der Waals surface area contributed by atoms with E-state index >= 15 is 0 Å². The molecule has 0 bridgehead atoms. The van der Waals surface area contributed by atoms with E-state index in [0.29, 0.717) is 5.71 Å². The van der Waals surface area contributed by atoms with Crippen LogP contribution in [0.15, 0.2) is 29.3 Å². The van der Waals surface area contributed by atoms with Crippen molar-refractivity contribution >= 4 is 28.5 Å². The Morgan fingerprint density at radius 1 is 1.42 bits per heavy atom. The summed E-state index contributed by atoms with van der Waals surface area (Å²) in [7, 11) is 3.25. The molecule has 6 heteroatoms. The van der Waals surface area contributed by atoms with E-state index in [1.807, 2.05) is 24.3 Å². The summed E-state index contributed by atoms with van der Waals surface area (Å²) in [6.07, 6.45) is 1.88. The van der Waals surface area contributed by atoms with Crippen molar-refractivity contribution in [1.29, 1.82) is 5.41 Å². The summed E-state index contributed by atoms with van der Waals surface area (Å²) in [4.78, 5) is 15.8. The highest BCUT2D eigenvalue weighted by Crippen LogP contribution is 2.13. The summed E-state index contributed by atoms with van der Waals surface area (Å²) < 4.78 is 5.08. The zero-order valence-corrected chi connectivity index (χ0v) is 12.0. The normalized spacial score (nSPS) is 11.0. The highest BCUT2D eigenvalue weighted by molar-refractivity contribution is 8.13. The quantitative estimate of drug-likeness (QED) is 0.653. The molecule has 0 heterocycles. The number of rotatable bonds is 4. The zero-order valence-electron chi connectivity index (χ0n) is 11.2. The van der Waals surface area contributed by atoms with Crippen LogP contribution in [0.4, 0.5) is 0 Å². The van der Waals surface area contributed by atoms with Gasteiger partial charge < -0.3 is 10.1 Å². The van der Waals surface area contributed by atoms with Crippen LogP contribution in [0.1, 0.15) is 12.0 Å². The first-order valence-electron chi connectivity index (χ1n) is 5.63. The average molecular weight is 279 g/mol. The number of benzene rings is 1. The van der Waals surface area contributed by atoms with Crippen LogP contribution in [0, 0.1) is 5.41 Å². The number of hydrogen-bond acceptors (Lipinski definition) is 5. The van der Waals surface area contributed by atoms with E-state index in [2.05, 4.69) is 10.3 Å². The van der Waals surface area contributed by atoms with Crippen LogP contribution < -0.4 is 10.1 Å². The molecule has 0 fully saturated rings. The lowest BCUT2D eigenvalue weighted by molar-refractivity contribution is -0.118. The summed E-state index contributed by atoms with van der Waals surface area (Å²) >= 11 is 1.18. The summed E-state index contributed by atoms with van der Waals surface area (Å²) in [5, 5.41) is 10.0. The molecule has 0 atom stereocenters. The summed E-state index contributed by atoms with van der Waals surface area (Å²) in [5.74, 6) is 0.517. The van der Waals surface area contributed by atoms with Crippen LogP contribution in [0.2, 0.25) is 0 Å². The molecule has 1 amide bonds. The molecule has 0 saturated heterocycles. The minimum absolute atomic E-state index is 0.134. The van der Waals surface area contributed by atoms with Crippen molar-refractivity contribution < 1.29 is 9.53 Å². The van der Waals surface area contributed by atoms with Crippen LogP contribution in [-0.4, -0.2) is 37.2 Å². The lowest BCUT2D eigenvalue weighted by Gasteiger charge is -2.08. The molecule has 0 spiro atoms. The Morgan fingerprint density at radius 3 is 2.53 bits per heavy atom. The number of carbonyl (C=O) groups is 1. The van der Waals surface area contributed by atoms with Gasteiger partial charge in [0.25, 0.3) is 0 Å². The van der Waals surface area contributed by atoms with Gasteiger partial charge in [-0.1, -0.05) is 11.8 Å². The molecule has 2 N–H and O–H groups in total. The number of carbonyl (C=O) groups excluding carboxylic acids is 1. The maximum atomic E-state index is 11.7. The fourth-order valence-corrected chi connectivity index (χ4v) is 1.68. The van der Waals surface area contributed by atoms with Crippen LogP contribution in [0.5, 0.6) is 5.75 Å². The molecular formula is C13H17N3O2S. The van der Waals surface area contributed by atoms with E-state index in [-0.39, 0.29) is 17.5 Å². The maximum absolute atomic E-state index is 11.7. The predicted octanol–water partition coefficient (Wildman–Crippen LogP) is 1.92. The lowest BCUT2D eigenvalue weighted by Crippen LogP contribution is -2.29. The summed E-state index contributed by atoms with van der Waals surface area (Å²) in [6.45, 7) is 0. The highest BCUT2D eigenvalue weighted by Gasteiger charge is 2.10. The minimum Gasteiger partial charge on any atom is -0.497 e. The molecule has 1 aromatic rings. The molecule has 0 aliphatic carbocycles. The Balaban J connectivity index is 2.73. The number of nitrogens with zero attached hydrogens (tertiary/aromatic N) is 1. The smallest absolute Gasteiger partial charge is 0.231 e.